The second-order valence-corrected chi connectivity index (χ2v) is 7.17. The van der Waals surface area contributed by atoms with Crippen LogP contribution in [0, 0.1) is 13.8 Å². The summed E-state index contributed by atoms with van der Waals surface area (Å²) in [5.74, 6) is 0.791. The molecule has 3 aromatic rings. The second kappa shape index (κ2) is 9.87. The van der Waals surface area contributed by atoms with Gasteiger partial charge in [-0.25, -0.2) is 4.63 Å². The van der Waals surface area contributed by atoms with Gasteiger partial charge in [0, 0.05) is 11.1 Å². The van der Waals surface area contributed by atoms with Crippen LogP contribution in [0.3, 0.4) is 0 Å². The van der Waals surface area contributed by atoms with Crippen LogP contribution in [0.1, 0.15) is 54.1 Å². The molecule has 6 nitrogen and oxygen atoms in total. The van der Waals surface area contributed by atoms with Gasteiger partial charge in [0.05, 0.1) is 6.61 Å². The van der Waals surface area contributed by atoms with Gasteiger partial charge in [-0.05, 0) is 66.5 Å². The van der Waals surface area contributed by atoms with Gasteiger partial charge < -0.3 is 10.1 Å². The Bertz CT molecular complexity index is 948. The number of carbonyl (C=O) groups is 1. The van der Waals surface area contributed by atoms with E-state index in [9.17, 15) is 4.79 Å². The molecule has 0 spiro atoms. The van der Waals surface area contributed by atoms with E-state index in [1.807, 2.05) is 32.0 Å². The molecule has 0 atom stereocenters. The predicted octanol–water partition coefficient (Wildman–Crippen LogP) is 5.56. The monoisotopic (exact) mass is 393 g/mol. The Kier molecular flexibility index (Phi) is 7.00. The molecular formula is C23H27N3O3. The molecule has 1 N–H and O–H groups in total. The van der Waals surface area contributed by atoms with Crippen molar-refractivity contribution in [2.24, 2.45) is 0 Å². The number of carbonyl (C=O) groups excluding carboxylic acids is 1. The number of ether oxygens (including phenoxy) is 1. The van der Waals surface area contributed by atoms with Crippen molar-refractivity contribution in [3.63, 3.8) is 0 Å². The summed E-state index contributed by atoms with van der Waals surface area (Å²) in [5, 5.41) is 10.6. The van der Waals surface area contributed by atoms with Gasteiger partial charge >= 0.3 is 0 Å². The van der Waals surface area contributed by atoms with Crippen molar-refractivity contribution in [3.05, 3.63) is 59.2 Å². The summed E-state index contributed by atoms with van der Waals surface area (Å²) in [4.78, 5) is 12.6. The Hall–Kier alpha value is -3.15. The summed E-state index contributed by atoms with van der Waals surface area (Å²) in [6.45, 7) is 6.86. The molecule has 0 aliphatic carbocycles. The molecular weight excluding hydrogens is 366 g/mol. The van der Waals surface area contributed by atoms with Crippen molar-refractivity contribution >= 4 is 11.7 Å². The lowest BCUT2D eigenvalue weighted by Gasteiger charge is -2.08. The lowest BCUT2D eigenvalue weighted by atomic mass is 10.0. The van der Waals surface area contributed by atoms with Crippen molar-refractivity contribution in [1.82, 2.24) is 10.3 Å². The SMILES string of the molecule is CCCCCCOc1ccc(C(=O)Nc2nonc2-c2cc(C)ccc2C)cc1. The highest BCUT2D eigenvalue weighted by Crippen LogP contribution is 2.28. The molecule has 1 aromatic heterocycles. The zero-order valence-corrected chi connectivity index (χ0v) is 17.2. The summed E-state index contributed by atoms with van der Waals surface area (Å²) in [6, 6.07) is 13.1. The molecule has 3 rings (SSSR count). The summed E-state index contributed by atoms with van der Waals surface area (Å²) >= 11 is 0. The van der Waals surface area contributed by atoms with Gasteiger partial charge in [-0.15, -0.1) is 0 Å². The molecule has 1 amide bonds. The van der Waals surface area contributed by atoms with Crippen molar-refractivity contribution in [3.8, 4) is 17.0 Å². The van der Waals surface area contributed by atoms with Crippen LogP contribution < -0.4 is 10.1 Å². The van der Waals surface area contributed by atoms with Crippen molar-refractivity contribution in [2.45, 2.75) is 46.5 Å². The molecule has 0 fully saturated rings. The largest absolute Gasteiger partial charge is 0.494 e. The molecule has 6 heteroatoms. The van der Waals surface area contributed by atoms with Crippen molar-refractivity contribution in [1.29, 1.82) is 0 Å². The van der Waals surface area contributed by atoms with Gasteiger partial charge in [0.25, 0.3) is 5.91 Å². The fourth-order valence-electron chi connectivity index (χ4n) is 3.04. The van der Waals surface area contributed by atoms with E-state index in [2.05, 4.69) is 22.6 Å². The van der Waals surface area contributed by atoms with Crippen LogP contribution in [0.25, 0.3) is 11.3 Å². The Morgan fingerprint density at radius 2 is 1.83 bits per heavy atom. The van der Waals surface area contributed by atoms with Crippen LogP contribution in [0.2, 0.25) is 0 Å². The maximum atomic E-state index is 12.6. The molecule has 0 saturated heterocycles. The van der Waals surface area contributed by atoms with Crippen LogP contribution in [0.4, 0.5) is 5.82 Å². The lowest BCUT2D eigenvalue weighted by molar-refractivity contribution is 0.102. The highest BCUT2D eigenvalue weighted by molar-refractivity contribution is 6.05. The Balaban J connectivity index is 1.64. The number of aromatic nitrogens is 2. The molecule has 0 radical (unpaired) electrons. The number of hydrogen-bond acceptors (Lipinski definition) is 5. The summed E-state index contributed by atoms with van der Waals surface area (Å²) < 4.78 is 10.6. The fraction of sp³-hybridized carbons (Fsp3) is 0.348. The third-order valence-electron chi connectivity index (χ3n) is 4.75. The van der Waals surface area contributed by atoms with Crippen LogP contribution in [-0.4, -0.2) is 22.8 Å². The Morgan fingerprint density at radius 3 is 2.59 bits per heavy atom. The average Bonchev–Trinajstić information content (AvgIpc) is 3.18. The zero-order valence-electron chi connectivity index (χ0n) is 17.2. The molecule has 2 aromatic carbocycles. The minimum atomic E-state index is -0.276. The topological polar surface area (TPSA) is 77.2 Å². The third kappa shape index (κ3) is 5.44. The van der Waals surface area contributed by atoms with Gasteiger partial charge in [-0.3, -0.25) is 4.79 Å². The smallest absolute Gasteiger partial charge is 0.256 e. The van der Waals surface area contributed by atoms with Gasteiger partial charge in [0.1, 0.15) is 5.75 Å². The molecule has 0 bridgehead atoms. The van der Waals surface area contributed by atoms with E-state index in [1.165, 1.54) is 19.3 Å². The van der Waals surface area contributed by atoms with Crippen LogP contribution in [-0.2, 0) is 0 Å². The number of aryl methyl sites for hydroxylation is 2. The standard InChI is InChI=1S/C23H27N3O3/c1-4-5-6-7-14-28-19-12-10-18(11-13-19)23(27)24-22-21(25-29-26-22)20-15-16(2)8-9-17(20)3/h8-13,15H,4-7,14H2,1-3H3,(H,24,26,27). The number of benzene rings is 2. The second-order valence-electron chi connectivity index (χ2n) is 7.17. The minimum absolute atomic E-state index is 0.276. The molecule has 29 heavy (non-hydrogen) atoms. The van der Waals surface area contributed by atoms with Crippen LogP contribution in [0.5, 0.6) is 5.75 Å². The van der Waals surface area contributed by atoms with E-state index >= 15 is 0 Å². The average molecular weight is 393 g/mol. The van der Waals surface area contributed by atoms with Gasteiger partial charge in [-0.2, -0.15) is 0 Å². The number of nitrogens with one attached hydrogen (secondary N) is 1. The number of hydrogen-bond donors (Lipinski definition) is 1. The maximum absolute atomic E-state index is 12.6. The molecule has 152 valence electrons. The van der Waals surface area contributed by atoms with E-state index in [1.54, 1.807) is 24.3 Å². The molecule has 1 heterocycles. The van der Waals surface area contributed by atoms with E-state index in [-0.39, 0.29) is 5.91 Å². The number of unbranched alkanes of at least 4 members (excludes halogenated alkanes) is 3. The van der Waals surface area contributed by atoms with Gasteiger partial charge in [0.2, 0.25) is 5.82 Å². The van der Waals surface area contributed by atoms with E-state index in [0.717, 1.165) is 28.9 Å². The number of amides is 1. The Morgan fingerprint density at radius 1 is 1.03 bits per heavy atom. The quantitative estimate of drug-likeness (QED) is 0.481. The number of anilines is 1. The first-order valence-corrected chi connectivity index (χ1v) is 10.0. The highest BCUT2D eigenvalue weighted by atomic mass is 16.6. The first-order chi connectivity index (χ1) is 14.1. The third-order valence-corrected chi connectivity index (χ3v) is 4.75. The normalized spacial score (nSPS) is 10.7. The zero-order chi connectivity index (χ0) is 20.6. The lowest BCUT2D eigenvalue weighted by Crippen LogP contribution is -2.13. The first kappa shape index (κ1) is 20.6. The highest BCUT2D eigenvalue weighted by Gasteiger charge is 2.17. The first-order valence-electron chi connectivity index (χ1n) is 10.0. The van der Waals surface area contributed by atoms with Gasteiger partial charge in [-0.1, -0.05) is 43.9 Å². The molecule has 0 unspecified atom stereocenters. The maximum Gasteiger partial charge on any atom is 0.256 e. The van der Waals surface area contributed by atoms with E-state index in [4.69, 9.17) is 9.37 Å². The number of nitrogens with zero attached hydrogens (tertiary/aromatic N) is 2. The minimum Gasteiger partial charge on any atom is -0.494 e. The van der Waals surface area contributed by atoms with E-state index in [0.29, 0.717) is 23.7 Å². The number of rotatable bonds is 9. The van der Waals surface area contributed by atoms with E-state index < -0.39 is 0 Å². The summed E-state index contributed by atoms with van der Waals surface area (Å²) in [5.41, 5.74) is 4.04. The molecule has 0 aliphatic heterocycles. The summed E-state index contributed by atoms with van der Waals surface area (Å²) in [7, 11) is 0. The molecule has 0 aliphatic rings. The predicted molar refractivity (Wildman–Crippen MR) is 113 cm³/mol. The summed E-state index contributed by atoms with van der Waals surface area (Å²) in [6.07, 6.45) is 4.64. The Labute approximate surface area is 171 Å². The van der Waals surface area contributed by atoms with Gasteiger partial charge in [0.15, 0.2) is 5.69 Å². The van der Waals surface area contributed by atoms with Crippen molar-refractivity contribution in [2.75, 3.05) is 11.9 Å². The van der Waals surface area contributed by atoms with Crippen LogP contribution in [0.15, 0.2) is 47.1 Å². The van der Waals surface area contributed by atoms with Crippen LogP contribution >= 0.6 is 0 Å². The fourth-order valence-corrected chi connectivity index (χ4v) is 3.04. The van der Waals surface area contributed by atoms with Crippen molar-refractivity contribution < 1.29 is 14.2 Å². The molecule has 0 saturated carbocycles.